The lowest BCUT2D eigenvalue weighted by Crippen LogP contribution is -2.34. The quantitative estimate of drug-likeness (QED) is 0.757. The van der Waals surface area contributed by atoms with Crippen LogP contribution in [0.15, 0.2) is 24.3 Å². The number of amides is 1. The summed E-state index contributed by atoms with van der Waals surface area (Å²) in [6.45, 7) is 0.320. The molecule has 1 aliphatic carbocycles. The fourth-order valence-corrected chi connectivity index (χ4v) is 2.73. The predicted molar refractivity (Wildman–Crippen MR) is 72.7 cm³/mol. The van der Waals surface area contributed by atoms with Crippen LogP contribution >= 0.6 is 0 Å². The Morgan fingerprint density at radius 3 is 2.60 bits per heavy atom. The van der Waals surface area contributed by atoms with Gasteiger partial charge in [-0.25, -0.2) is 0 Å². The van der Waals surface area contributed by atoms with Crippen LogP contribution in [-0.4, -0.2) is 22.1 Å². The van der Waals surface area contributed by atoms with Gasteiger partial charge < -0.3 is 15.5 Å². The van der Waals surface area contributed by atoms with Crippen LogP contribution in [-0.2, 0) is 22.7 Å². The highest BCUT2D eigenvalue weighted by Gasteiger charge is 2.37. The second-order valence-electron chi connectivity index (χ2n) is 5.18. The van der Waals surface area contributed by atoms with E-state index in [2.05, 4.69) is 5.32 Å². The van der Waals surface area contributed by atoms with Gasteiger partial charge in [-0.1, -0.05) is 30.7 Å². The van der Waals surface area contributed by atoms with Crippen molar-refractivity contribution in [3.63, 3.8) is 0 Å². The Kier molecular flexibility index (Phi) is 4.74. The summed E-state index contributed by atoms with van der Waals surface area (Å²) in [5.41, 5.74) is 1.69. The molecule has 5 heteroatoms. The van der Waals surface area contributed by atoms with Crippen molar-refractivity contribution in [3.8, 4) is 0 Å². The first-order valence-corrected chi connectivity index (χ1v) is 6.81. The van der Waals surface area contributed by atoms with Crippen molar-refractivity contribution in [1.29, 1.82) is 0 Å². The highest BCUT2D eigenvalue weighted by atomic mass is 16.4. The van der Waals surface area contributed by atoms with E-state index in [4.69, 9.17) is 10.2 Å². The fourth-order valence-electron chi connectivity index (χ4n) is 2.73. The molecule has 1 amide bonds. The van der Waals surface area contributed by atoms with Gasteiger partial charge in [0.2, 0.25) is 5.91 Å². The third-order valence-electron chi connectivity index (χ3n) is 3.81. The lowest BCUT2D eigenvalue weighted by molar-refractivity contribution is -0.146. The molecule has 1 fully saturated rings. The predicted octanol–water partition coefficient (Wildman–Crippen LogP) is 1.30. The van der Waals surface area contributed by atoms with Gasteiger partial charge in [-0.3, -0.25) is 9.59 Å². The molecule has 5 nitrogen and oxygen atoms in total. The van der Waals surface area contributed by atoms with Gasteiger partial charge in [-0.05, 0) is 24.0 Å². The Hall–Kier alpha value is -1.88. The number of hydrogen-bond acceptors (Lipinski definition) is 3. The summed E-state index contributed by atoms with van der Waals surface area (Å²) in [5.74, 6) is -2.05. The normalized spacial score (nSPS) is 21.6. The molecule has 0 aliphatic heterocycles. The van der Waals surface area contributed by atoms with Gasteiger partial charge >= 0.3 is 5.97 Å². The molecule has 0 bridgehead atoms. The van der Waals surface area contributed by atoms with Crippen LogP contribution in [0.1, 0.15) is 30.4 Å². The van der Waals surface area contributed by atoms with Gasteiger partial charge in [-0.15, -0.1) is 0 Å². The van der Waals surface area contributed by atoms with E-state index in [9.17, 15) is 9.59 Å². The van der Waals surface area contributed by atoms with E-state index in [1.165, 1.54) is 0 Å². The molecule has 1 aromatic rings. The Bertz CT molecular complexity index is 500. The molecule has 1 aromatic carbocycles. The molecular formula is C15H19NO4. The summed E-state index contributed by atoms with van der Waals surface area (Å²) in [7, 11) is 0. The summed E-state index contributed by atoms with van der Waals surface area (Å²) in [6, 6.07) is 7.32. The molecule has 0 unspecified atom stereocenters. The van der Waals surface area contributed by atoms with E-state index < -0.39 is 17.8 Å². The number of rotatable bonds is 5. The van der Waals surface area contributed by atoms with Gasteiger partial charge in [0.15, 0.2) is 0 Å². The van der Waals surface area contributed by atoms with Gasteiger partial charge in [0.05, 0.1) is 18.4 Å². The SMILES string of the molecule is O=C(O)[C@H]1CCC[C@H]1C(=O)NCc1cccc(CO)c1. The summed E-state index contributed by atoms with van der Waals surface area (Å²) < 4.78 is 0. The molecule has 3 N–H and O–H groups in total. The zero-order chi connectivity index (χ0) is 14.5. The number of aliphatic hydroxyl groups excluding tert-OH is 1. The van der Waals surface area contributed by atoms with E-state index in [1.807, 2.05) is 24.3 Å². The Morgan fingerprint density at radius 2 is 1.90 bits per heavy atom. The van der Waals surface area contributed by atoms with Crippen LogP contribution in [0.5, 0.6) is 0 Å². The zero-order valence-electron chi connectivity index (χ0n) is 11.2. The molecule has 20 heavy (non-hydrogen) atoms. The average Bonchev–Trinajstić information content (AvgIpc) is 2.94. The third kappa shape index (κ3) is 3.36. The van der Waals surface area contributed by atoms with Crippen LogP contribution in [0, 0.1) is 11.8 Å². The molecule has 1 aliphatic rings. The van der Waals surface area contributed by atoms with Crippen molar-refractivity contribution in [2.45, 2.75) is 32.4 Å². The number of aliphatic carboxylic acids is 1. The Morgan fingerprint density at radius 1 is 1.20 bits per heavy atom. The first-order chi connectivity index (χ1) is 9.61. The third-order valence-corrected chi connectivity index (χ3v) is 3.81. The van der Waals surface area contributed by atoms with Crippen LogP contribution < -0.4 is 5.32 Å². The largest absolute Gasteiger partial charge is 0.481 e. The second kappa shape index (κ2) is 6.52. The first kappa shape index (κ1) is 14.5. The van der Waals surface area contributed by atoms with Crippen molar-refractivity contribution >= 4 is 11.9 Å². The van der Waals surface area contributed by atoms with Crippen LogP contribution in [0.25, 0.3) is 0 Å². The minimum absolute atomic E-state index is 0.0362. The molecule has 2 atom stereocenters. The van der Waals surface area contributed by atoms with Gasteiger partial charge in [-0.2, -0.15) is 0 Å². The Balaban J connectivity index is 1.93. The maximum absolute atomic E-state index is 12.1. The van der Waals surface area contributed by atoms with E-state index in [-0.39, 0.29) is 12.5 Å². The minimum atomic E-state index is -0.884. The maximum Gasteiger partial charge on any atom is 0.307 e. The smallest absolute Gasteiger partial charge is 0.307 e. The van der Waals surface area contributed by atoms with E-state index in [0.29, 0.717) is 19.4 Å². The summed E-state index contributed by atoms with van der Waals surface area (Å²) >= 11 is 0. The van der Waals surface area contributed by atoms with Crippen molar-refractivity contribution < 1.29 is 19.8 Å². The lowest BCUT2D eigenvalue weighted by Gasteiger charge is -2.15. The van der Waals surface area contributed by atoms with Crippen LogP contribution in [0.2, 0.25) is 0 Å². The van der Waals surface area contributed by atoms with E-state index in [0.717, 1.165) is 17.5 Å². The molecule has 0 heterocycles. The average molecular weight is 277 g/mol. The zero-order valence-corrected chi connectivity index (χ0v) is 11.2. The number of hydrogen-bond donors (Lipinski definition) is 3. The molecular weight excluding hydrogens is 258 g/mol. The highest BCUT2D eigenvalue weighted by Crippen LogP contribution is 2.32. The highest BCUT2D eigenvalue weighted by molar-refractivity contribution is 5.85. The molecule has 2 rings (SSSR count). The minimum Gasteiger partial charge on any atom is -0.481 e. The van der Waals surface area contributed by atoms with Gasteiger partial charge in [0.25, 0.3) is 0 Å². The number of carboxylic acids is 1. The van der Waals surface area contributed by atoms with Crippen LogP contribution in [0.4, 0.5) is 0 Å². The number of carbonyl (C=O) groups excluding carboxylic acids is 1. The summed E-state index contributed by atoms with van der Waals surface area (Å²) in [5, 5.41) is 20.9. The second-order valence-corrected chi connectivity index (χ2v) is 5.18. The van der Waals surface area contributed by atoms with E-state index in [1.54, 1.807) is 0 Å². The van der Waals surface area contributed by atoms with Crippen molar-refractivity contribution in [2.75, 3.05) is 0 Å². The molecule has 0 saturated heterocycles. The van der Waals surface area contributed by atoms with E-state index >= 15 is 0 Å². The standard InChI is InChI=1S/C15H19NO4/c17-9-11-4-1-3-10(7-11)8-16-14(18)12-5-2-6-13(12)15(19)20/h1,3-4,7,12-13,17H,2,5-6,8-9H2,(H,16,18)(H,19,20)/t12-,13+/m1/s1. The first-order valence-electron chi connectivity index (χ1n) is 6.81. The Labute approximate surface area is 117 Å². The topological polar surface area (TPSA) is 86.6 Å². The van der Waals surface area contributed by atoms with Crippen molar-refractivity contribution in [3.05, 3.63) is 35.4 Å². The van der Waals surface area contributed by atoms with Gasteiger partial charge in [0, 0.05) is 6.54 Å². The van der Waals surface area contributed by atoms with Crippen molar-refractivity contribution in [2.24, 2.45) is 11.8 Å². The number of nitrogens with one attached hydrogen (secondary N) is 1. The molecule has 0 aromatic heterocycles. The monoisotopic (exact) mass is 277 g/mol. The number of benzene rings is 1. The van der Waals surface area contributed by atoms with Crippen molar-refractivity contribution in [1.82, 2.24) is 5.32 Å². The fraction of sp³-hybridized carbons (Fsp3) is 0.467. The number of carbonyl (C=O) groups is 2. The number of carboxylic acid groups (broad SMARTS) is 1. The van der Waals surface area contributed by atoms with Gasteiger partial charge in [0.1, 0.15) is 0 Å². The number of aliphatic hydroxyl groups is 1. The molecule has 0 radical (unpaired) electrons. The molecule has 0 spiro atoms. The molecule has 1 saturated carbocycles. The lowest BCUT2D eigenvalue weighted by atomic mass is 9.95. The van der Waals surface area contributed by atoms with Crippen LogP contribution in [0.3, 0.4) is 0 Å². The summed E-state index contributed by atoms with van der Waals surface area (Å²) in [4.78, 5) is 23.1. The molecule has 108 valence electrons. The maximum atomic E-state index is 12.1. The summed E-state index contributed by atoms with van der Waals surface area (Å²) in [6.07, 6.45) is 2.00.